The smallest absolute Gasteiger partial charge is 0.0181 e. The van der Waals surface area contributed by atoms with Crippen LogP contribution >= 0.6 is 0 Å². The number of hydrogen-bond acceptors (Lipinski definition) is 0. The minimum Gasteiger partial charge on any atom is -0.0622 e. The lowest BCUT2D eigenvalue weighted by molar-refractivity contribution is 0.867. The first-order valence-electron chi connectivity index (χ1n) is 15.0. The average molecular weight is 545 g/mol. The Morgan fingerprint density at radius 3 is 0.952 bits per heavy atom. The molecule has 0 atom stereocenters. The van der Waals surface area contributed by atoms with E-state index in [4.69, 9.17) is 0 Å². The highest BCUT2D eigenvalue weighted by Gasteiger charge is 2.04. The van der Waals surface area contributed by atoms with Crippen LogP contribution in [0.3, 0.4) is 0 Å². The Bertz CT molecular complexity index is 1660. The predicted octanol–water partition coefficient (Wildman–Crippen LogP) is 12.3. The molecule has 0 saturated heterocycles. The predicted molar refractivity (Wildman–Crippen MR) is 183 cm³/mol. The quantitative estimate of drug-likeness (QED) is 0.196. The van der Waals surface area contributed by atoms with Crippen LogP contribution in [0.25, 0.3) is 44.5 Å². The fraction of sp³-hybridized carbons (Fsp3) is 0.143. The maximum atomic E-state index is 2.29. The molecule has 0 aromatic heterocycles. The molecule has 0 N–H and O–H groups in total. The van der Waals surface area contributed by atoms with Gasteiger partial charge in [0.15, 0.2) is 0 Å². The van der Waals surface area contributed by atoms with Crippen molar-refractivity contribution in [2.45, 2.75) is 39.5 Å². The second-order valence-electron chi connectivity index (χ2n) is 11.4. The molecule has 0 aliphatic carbocycles. The van der Waals surface area contributed by atoms with E-state index in [1.807, 2.05) is 6.07 Å². The first-order valence-corrected chi connectivity index (χ1v) is 15.0. The van der Waals surface area contributed by atoms with Gasteiger partial charge in [-0.1, -0.05) is 185 Å². The first-order chi connectivity index (χ1) is 20.5. The third kappa shape index (κ3) is 7.33. The molecule has 42 heavy (non-hydrogen) atoms. The largest absolute Gasteiger partial charge is 0.0622 e. The summed E-state index contributed by atoms with van der Waals surface area (Å²) in [4.78, 5) is 0. The van der Waals surface area contributed by atoms with Crippen LogP contribution in [0.5, 0.6) is 0 Å². The first kappa shape index (κ1) is 28.8. The van der Waals surface area contributed by atoms with Crippen molar-refractivity contribution in [2.75, 3.05) is 0 Å². The molecule has 0 nitrogen and oxygen atoms in total. The van der Waals surface area contributed by atoms with Crippen LogP contribution in [0.2, 0.25) is 0 Å². The van der Waals surface area contributed by atoms with Gasteiger partial charge in [-0.15, -0.1) is 0 Å². The zero-order valence-electron chi connectivity index (χ0n) is 25.2. The van der Waals surface area contributed by atoms with Gasteiger partial charge in [0.2, 0.25) is 0 Å². The van der Waals surface area contributed by atoms with Crippen molar-refractivity contribution in [3.63, 3.8) is 0 Å². The molecular formula is C42H40. The van der Waals surface area contributed by atoms with Gasteiger partial charge in [0, 0.05) is 0 Å². The molecule has 6 rings (SSSR count). The van der Waals surface area contributed by atoms with Crippen molar-refractivity contribution in [3.05, 3.63) is 169 Å². The fourth-order valence-corrected chi connectivity index (χ4v) is 5.11. The highest BCUT2D eigenvalue weighted by molar-refractivity contribution is 5.72. The van der Waals surface area contributed by atoms with Crippen LogP contribution < -0.4 is 0 Å². The second kappa shape index (κ2) is 13.8. The maximum Gasteiger partial charge on any atom is -0.0181 e. The summed E-state index contributed by atoms with van der Waals surface area (Å²) in [6.07, 6.45) is 0. The number of hydrogen-bond donors (Lipinski definition) is 0. The van der Waals surface area contributed by atoms with Gasteiger partial charge in [0.05, 0.1) is 0 Å². The van der Waals surface area contributed by atoms with Gasteiger partial charge < -0.3 is 0 Å². The standard InChI is InChI=1S/2C21H20/c1-16(2)20-9-6-10-21(15-20)19-13-11-18(12-14-19)17-7-4-3-5-8-17;1-16(2)17-8-10-20(11-9-17)21-14-12-19(13-15-21)18-6-4-3-5-7-18/h2*3-16H,1-2H3. The summed E-state index contributed by atoms with van der Waals surface area (Å²) >= 11 is 0. The molecule has 0 bridgehead atoms. The van der Waals surface area contributed by atoms with Crippen molar-refractivity contribution in [3.8, 4) is 44.5 Å². The minimum absolute atomic E-state index is 0.563. The van der Waals surface area contributed by atoms with Gasteiger partial charge in [-0.3, -0.25) is 0 Å². The molecule has 6 aromatic carbocycles. The van der Waals surface area contributed by atoms with Crippen LogP contribution in [0.1, 0.15) is 50.7 Å². The molecule has 0 unspecified atom stereocenters. The van der Waals surface area contributed by atoms with Crippen molar-refractivity contribution < 1.29 is 0 Å². The minimum atomic E-state index is 0.563. The zero-order chi connectivity index (χ0) is 29.3. The molecule has 0 fully saturated rings. The van der Waals surface area contributed by atoms with E-state index in [1.165, 1.54) is 55.6 Å². The van der Waals surface area contributed by atoms with Gasteiger partial charge >= 0.3 is 0 Å². The van der Waals surface area contributed by atoms with Crippen molar-refractivity contribution in [2.24, 2.45) is 0 Å². The summed E-state index contributed by atoms with van der Waals surface area (Å²) in [5, 5.41) is 0. The van der Waals surface area contributed by atoms with Crippen molar-refractivity contribution in [1.29, 1.82) is 0 Å². The molecule has 0 aliphatic rings. The van der Waals surface area contributed by atoms with Crippen LogP contribution in [0.4, 0.5) is 0 Å². The summed E-state index contributed by atoms with van der Waals surface area (Å²) in [6, 6.07) is 56.3. The highest BCUT2D eigenvalue weighted by atomic mass is 14.1. The molecular weight excluding hydrogens is 504 g/mol. The Balaban J connectivity index is 0.000000168. The van der Waals surface area contributed by atoms with E-state index >= 15 is 0 Å². The molecule has 0 heteroatoms. The summed E-state index contributed by atoms with van der Waals surface area (Å²) in [5.74, 6) is 1.15. The Labute approximate surface area is 252 Å². The molecule has 0 radical (unpaired) electrons. The summed E-state index contributed by atoms with van der Waals surface area (Å²) in [5.41, 5.74) is 12.9. The molecule has 0 heterocycles. The van der Waals surface area contributed by atoms with E-state index < -0.39 is 0 Å². The lowest BCUT2D eigenvalue weighted by Gasteiger charge is -2.09. The second-order valence-corrected chi connectivity index (χ2v) is 11.4. The average Bonchev–Trinajstić information content (AvgIpc) is 3.06. The molecule has 0 aliphatic heterocycles. The lowest BCUT2D eigenvalue weighted by Crippen LogP contribution is -1.87. The molecule has 0 saturated carbocycles. The number of benzene rings is 6. The fourth-order valence-electron chi connectivity index (χ4n) is 5.11. The van der Waals surface area contributed by atoms with E-state index in [1.54, 1.807) is 0 Å². The summed E-state index contributed by atoms with van der Waals surface area (Å²) in [7, 11) is 0. The lowest BCUT2D eigenvalue weighted by atomic mass is 9.96. The summed E-state index contributed by atoms with van der Waals surface area (Å²) < 4.78 is 0. The van der Waals surface area contributed by atoms with Gasteiger partial charge in [0.1, 0.15) is 0 Å². The van der Waals surface area contributed by atoms with Crippen LogP contribution in [-0.2, 0) is 0 Å². The van der Waals surface area contributed by atoms with Crippen LogP contribution in [-0.4, -0.2) is 0 Å². The monoisotopic (exact) mass is 544 g/mol. The van der Waals surface area contributed by atoms with E-state index in [0.717, 1.165) is 0 Å². The van der Waals surface area contributed by atoms with Gasteiger partial charge in [0.25, 0.3) is 0 Å². The molecule has 0 amide bonds. The SMILES string of the molecule is CC(C)c1ccc(-c2ccc(-c3ccccc3)cc2)cc1.CC(C)c1cccc(-c2ccc(-c3ccccc3)cc2)c1. The van der Waals surface area contributed by atoms with E-state index in [2.05, 4.69) is 179 Å². The number of rotatable bonds is 6. The normalized spacial score (nSPS) is 10.8. The van der Waals surface area contributed by atoms with Crippen LogP contribution in [0, 0.1) is 0 Å². The van der Waals surface area contributed by atoms with Crippen molar-refractivity contribution >= 4 is 0 Å². The molecule has 208 valence electrons. The Hall–Kier alpha value is -4.68. The van der Waals surface area contributed by atoms with Gasteiger partial charge in [-0.25, -0.2) is 0 Å². The Kier molecular flexibility index (Phi) is 9.47. The summed E-state index contributed by atoms with van der Waals surface area (Å²) in [6.45, 7) is 8.92. The van der Waals surface area contributed by atoms with Crippen LogP contribution in [0.15, 0.2) is 158 Å². The molecule has 6 aromatic rings. The third-order valence-corrected chi connectivity index (χ3v) is 7.78. The van der Waals surface area contributed by atoms with E-state index in [-0.39, 0.29) is 0 Å². The zero-order valence-corrected chi connectivity index (χ0v) is 25.2. The highest BCUT2D eigenvalue weighted by Crippen LogP contribution is 2.28. The Morgan fingerprint density at radius 1 is 0.262 bits per heavy atom. The van der Waals surface area contributed by atoms with Crippen molar-refractivity contribution in [1.82, 2.24) is 0 Å². The molecule has 0 spiro atoms. The topological polar surface area (TPSA) is 0 Å². The third-order valence-electron chi connectivity index (χ3n) is 7.78. The van der Waals surface area contributed by atoms with Gasteiger partial charge in [-0.2, -0.15) is 0 Å². The van der Waals surface area contributed by atoms with E-state index in [0.29, 0.717) is 11.8 Å². The van der Waals surface area contributed by atoms with Gasteiger partial charge in [-0.05, 0) is 67.5 Å². The van der Waals surface area contributed by atoms with E-state index in [9.17, 15) is 0 Å². The Morgan fingerprint density at radius 2 is 0.571 bits per heavy atom. The maximum absolute atomic E-state index is 2.29.